The zero-order valence-corrected chi connectivity index (χ0v) is 38.2. The summed E-state index contributed by atoms with van der Waals surface area (Å²) < 4.78 is 17.7. The molecule has 10 rings (SSSR count). The Labute approximate surface area is 393 Å². The van der Waals surface area contributed by atoms with Crippen LogP contribution in [0.2, 0.25) is 0 Å². The quantitative estimate of drug-likeness (QED) is 0.130. The van der Waals surface area contributed by atoms with Crippen molar-refractivity contribution >= 4 is 52.0 Å². The van der Waals surface area contributed by atoms with Gasteiger partial charge in [-0.3, -0.25) is 34.0 Å². The van der Waals surface area contributed by atoms with Gasteiger partial charge in [0.25, 0.3) is 5.91 Å². The number of carbonyl (C=O) groups is 4. The third-order valence-corrected chi connectivity index (χ3v) is 13.7. The minimum atomic E-state index is -0.642. The molecule has 3 saturated heterocycles. The third kappa shape index (κ3) is 9.35. The van der Waals surface area contributed by atoms with E-state index >= 15 is 4.39 Å². The van der Waals surface area contributed by atoms with Gasteiger partial charge in [-0.15, -0.1) is 0 Å². The molecule has 4 aliphatic heterocycles. The Hall–Kier alpha value is -7.24. The van der Waals surface area contributed by atoms with Crippen molar-refractivity contribution in [2.45, 2.75) is 58.3 Å². The lowest BCUT2D eigenvalue weighted by Gasteiger charge is -2.37. The molecule has 3 aromatic carbocycles. The highest BCUT2D eigenvalue weighted by Gasteiger charge is 2.40. The van der Waals surface area contributed by atoms with Gasteiger partial charge in [-0.1, -0.05) is 30.3 Å². The molecule has 0 aliphatic carbocycles. The normalized spacial score (nSPS) is 18.1. The summed E-state index contributed by atoms with van der Waals surface area (Å²) >= 11 is 0. The second-order valence-electron chi connectivity index (χ2n) is 18.1. The van der Waals surface area contributed by atoms with Crippen LogP contribution in [0.25, 0.3) is 28.1 Å². The third-order valence-electron chi connectivity index (χ3n) is 13.7. The monoisotopic (exact) mass is 918 g/mol. The van der Waals surface area contributed by atoms with E-state index in [1.807, 2.05) is 63.8 Å². The van der Waals surface area contributed by atoms with Crippen LogP contribution in [-0.2, 0) is 34.0 Å². The molecule has 4 amide bonds. The van der Waals surface area contributed by atoms with Gasteiger partial charge in [-0.2, -0.15) is 0 Å². The van der Waals surface area contributed by atoms with E-state index in [-0.39, 0.29) is 30.0 Å². The van der Waals surface area contributed by atoms with Crippen LogP contribution in [-0.4, -0.2) is 128 Å². The number of pyridine rings is 2. The van der Waals surface area contributed by atoms with Gasteiger partial charge in [-0.05, 0) is 86.0 Å². The number of aromatic nitrogens is 4. The number of imide groups is 1. The number of nitrogen functional groups attached to an aromatic ring is 1. The number of rotatable bonds is 13. The maximum Gasteiger partial charge on any atom is 0.255 e. The average molecular weight is 919 g/mol. The highest BCUT2D eigenvalue weighted by atomic mass is 19.1. The molecule has 0 bridgehead atoms. The maximum atomic E-state index is 15.8. The summed E-state index contributed by atoms with van der Waals surface area (Å²) in [5, 5.41) is 5.87. The first kappa shape index (κ1) is 44.6. The summed E-state index contributed by atoms with van der Waals surface area (Å²) in [7, 11) is 0. The molecule has 4 N–H and O–H groups in total. The number of carbonyl (C=O) groups excluding carboxylic acids is 4. The predicted octanol–water partition coefficient (Wildman–Crippen LogP) is 5.13. The SMILES string of the molecule is Cc1nc2ccc(-c3ccnc(N)c3)nc2n1-c1ccc(N2CCN(C(=O)CCCN3CCN(Cc4ccc(CNc5cccc6c5CN(C5CCC(=O)NC5=O)C6=O)cc4)CC3)CC2)c(F)c1. The minimum absolute atomic E-state index is 0.153. The Morgan fingerprint density at radius 1 is 0.868 bits per heavy atom. The fourth-order valence-electron chi connectivity index (χ4n) is 9.99. The second kappa shape index (κ2) is 19.2. The number of fused-ring (bicyclic) bond motifs is 2. The first-order valence-electron chi connectivity index (χ1n) is 23.5. The van der Waals surface area contributed by atoms with E-state index in [2.05, 4.69) is 54.7 Å². The Balaban J connectivity index is 0.643. The van der Waals surface area contributed by atoms with Crippen molar-refractivity contribution in [3.05, 3.63) is 125 Å². The van der Waals surface area contributed by atoms with E-state index in [0.717, 1.165) is 73.8 Å². The number of imidazole rings is 1. The Morgan fingerprint density at radius 2 is 1.65 bits per heavy atom. The minimum Gasteiger partial charge on any atom is -0.384 e. The van der Waals surface area contributed by atoms with E-state index < -0.39 is 11.9 Å². The Bertz CT molecular complexity index is 2890. The number of aryl methyl sites for hydroxylation is 1. The summed E-state index contributed by atoms with van der Waals surface area (Å²) in [5.41, 5.74) is 14.7. The van der Waals surface area contributed by atoms with Crippen LogP contribution in [0.15, 0.2) is 91.1 Å². The number of nitrogens with one attached hydrogen (secondary N) is 2. The number of hydrogen-bond donors (Lipinski definition) is 3. The average Bonchev–Trinajstić information content (AvgIpc) is 3.86. The highest BCUT2D eigenvalue weighted by Crippen LogP contribution is 2.33. The molecule has 1 atom stereocenters. The molecular weight excluding hydrogens is 864 g/mol. The van der Waals surface area contributed by atoms with Gasteiger partial charge in [0.05, 0.1) is 17.1 Å². The molecule has 6 aromatic rings. The van der Waals surface area contributed by atoms with Crippen molar-refractivity contribution < 1.29 is 23.6 Å². The molecule has 3 aromatic heterocycles. The van der Waals surface area contributed by atoms with Gasteiger partial charge in [0, 0.05) is 119 Å². The molecular formula is C51H55FN12O4. The Kier molecular flexibility index (Phi) is 12.6. The molecule has 0 saturated carbocycles. The van der Waals surface area contributed by atoms with Crippen molar-refractivity contribution in [1.82, 2.24) is 44.4 Å². The van der Waals surface area contributed by atoms with Gasteiger partial charge in [0.1, 0.15) is 29.0 Å². The molecule has 7 heterocycles. The molecule has 0 spiro atoms. The zero-order chi connectivity index (χ0) is 46.9. The molecule has 4 aliphatic rings. The number of piperazine rings is 2. The van der Waals surface area contributed by atoms with Gasteiger partial charge >= 0.3 is 0 Å². The van der Waals surface area contributed by atoms with Crippen LogP contribution >= 0.6 is 0 Å². The van der Waals surface area contributed by atoms with Crippen LogP contribution in [0.4, 0.5) is 21.6 Å². The highest BCUT2D eigenvalue weighted by molar-refractivity contribution is 6.06. The lowest BCUT2D eigenvalue weighted by molar-refractivity contribution is -0.137. The first-order valence-corrected chi connectivity index (χ1v) is 23.5. The van der Waals surface area contributed by atoms with Gasteiger partial charge in [0.2, 0.25) is 17.7 Å². The van der Waals surface area contributed by atoms with Gasteiger partial charge in [-0.25, -0.2) is 19.3 Å². The van der Waals surface area contributed by atoms with E-state index in [9.17, 15) is 19.2 Å². The smallest absolute Gasteiger partial charge is 0.255 e. The van der Waals surface area contributed by atoms with Gasteiger partial charge < -0.3 is 30.7 Å². The summed E-state index contributed by atoms with van der Waals surface area (Å²) in [6.07, 6.45) is 3.51. The summed E-state index contributed by atoms with van der Waals surface area (Å²) in [6.45, 7) is 10.6. The second-order valence-corrected chi connectivity index (χ2v) is 18.1. The van der Waals surface area contributed by atoms with Crippen molar-refractivity contribution in [1.29, 1.82) is 0 Å². The van der Waals surface area contributed by atoms with Crippen LogP contribution < -0.4 is 21.3 Å². The number of hydrogen-bond acceptors (Lipinski definition) is 12. The molecule has 3 fully saturated rings. The predicted molar refractivity (Wildman–Crippen MR) is 257 cm³/mol. The Morgan fingerprint density at radius 3 is 2.41 bits per heavy atom. The molecule has 17 heteroatoms. The number of nitrogens with zero attached hydrogens (tertiary/aromatic N) is 9. The molecule has 16 nitrogen and oxygen atoms in total. The fraction of sp³-hybridized carbons (Fsp3) is 0.353. The maximum absolute atomic E-state index is 15.8. The van der Waals surface area contributed by atoms with E-state index in [1.54, 1.807) is 23.2 Å². The summed E-state index contributed by atoms with van der Waals surface area (Å²) in [4.78, 5) is 74.7. The first-order chi connectivity index (χ1) is 33.0. The summed E-state index contributed by atoms with van der Waals surface area (Å²) in [6, 6.07) is 26.2. The van der Waals surface area contributed by atoms with Crippen molar-refractivity contribution in [2.75, 3.05) is 74.9 Å². The van der Waals surface area contributed by atoms with Crippen LogP contribution in [0, 0.1) is 12.7 Å². The molecule has 68 heavy (non-hydrogen) atoms. The largest absolute Gasteiger partial charge is 0.384 e. The fourth-order valence-corrected chi connectivity index (χ4v) is 9.99. The molecule has 0 radical (unpaired) electrons. The number of nitrogens with two attached hydrogens (primary N) is 1. The van der Waals surface area contributed by atoms with Crippen molar-refractivity contribution in [2.24, 2.45) is 0 Å². The van der Waals surface area contributed by atoms with Crippen molar-refractivity contribution in [3.63, 3.8) is 0 Å². The number of anilines is 3. The lowest BCUT2D eigenvalue weighted by atomic mass is 10.0. The topological polar surface area (TPSA) is 178 Å². The number of amides is 4. The summed E-state index contributed by atoms with van der Waals surface area (Å²) in [5.74, 6) is 0.0342. The number of halogens is 1. The lowest BCUT2D eigenvalue weighted by Crippen LogP contribution is -2.52. The van der Waals surface area contributed by atoms with Crippen LogP contribution in [0.3, 0.4) is 0 Å². The van der Waals surface area contributed by atoms with E-state index in [1.165, 1.54) is 11.6 Å². The van der Waals surface area contributed by atoms with Crippen molar-refractivity contribution in [3.8, 4) is 16.9 Å². The van der Waals surface area contributed by atoms with E-state index in [4.69, 9.17) is 10.7 Å². The van der Waals surface area contributed by atoms with Crippen LogP contribution in [0.5, 0.6) is 0 Å². The van der Waals surface area contributed by atoms with Crippen LogP contribution in [0.1, 0.15) is 58.6 Å². The number of piperidine rings is 1. The van der Waals surface area contributed by atoms with E-state index in [0.29, 0.717) is 91.9 Å². The molecule has 1 unspecified atom stereocenters. The van der Waals surface area contributed by atoms with Gasteiger partial charge in [0.15, 0.2) is 5.65 Å². The standard InChI is InChI=1S/C51H55FN12O4/c1-33-56-43-13-12-41(36-17-18-54-46(53)28-36)57-49(43)64(33)37-11-14-44(40(52)29-37)61-24-26-62(27-25-61)48(66)6-3-19-59-20-22-60(23-21-59)31-35-9-7-34(8-10-35)30-55-42-5-2-4-38-39(42)32-63(51(38)68)45-15-16-47(65)58-50(45)67/h2,4-5,7-14,17-18,28-29,45,55H,3,6,15-16,19-27,30-32H2,1H3,(H2,53,54)(H,58,65,67). The number of benzene rings is 3. The zero-order valence-electron chi connectivity index (χ0n) is 38.2. The molecule has 350 valence electrons.